The molecule has 3 nitrogen and oxygen atoms in total. The minimum absolute atomic E-state index is 0.152. The van der Waals surface area contributed by atoms with Crippen LogP contribution in [0.15, 0.2) is 18.2 Å². The number of benzene rings is 1. The van der Waals surface area contributed by atoms with E-state index in [0.29, 0.717) is 6.04 Å². The number of nitrogens with zero attached hydrogens (tertiary/aromatic N) is 2. The van der Waals surface area contributed by atoms with Gasteiger partial charge in [-0.3, -0.25) is 0 Å². The van der Waals surface area contributed by atoms with Crippen LogP contribution in [-0.2, 0) is 0 Å². The van der Waals surface area contributed by atoms with E-state index in [0.717, 1.165) is 38.2 Å². The Morgan fingerprint density at radius 3 is 2.76 bits per heavy atom. The zero-order chi connectivity index (χ0) is 15.4. The van der Waals surface area contributed by atoms with E-state index in [1.807, 2.05) is 13.0 Å². The summed E-state index contributed by atoms with van der Waals surface area (Å²) in [6.07, 6.45) is 1.06. The summed E-state index contributed by atoms with van der Waals surface area (Å²) in [5, 5.41) is 3.57. The normalized spacial score (nSPS) is 22.4. The first-order valence-electron chi connectivity index (χ1n) is 7.89. The number of aryl methyl sites for hydroxylation is 1. The minimum atomic E-state index is -0.152. The van der Waals surface area contributed by atoms with Gasteiger partial charge in [-0.05, 0) is 57.2 Å². The average Bonchev–Trinajstić information content (AvgIpc) is 2.42. The van der Waals surface area contributed by atoms with Crippen LogP contribution in [0, 0.1) is 12.7 Å². The number of likely N-dealkylation sites (N-methyl/N-ethyl adjacent to an activating group) is 2. The molecule has 1 aromatic carbocycles. The van der Waals surface area contributed by atoms with Crippen molar-refractivity contribution in [2.75, 3.05) is 40.3 Å². The van der Waals surface area contributed by atoms with Crippen molar-refractivity contribution in [3.8, 4) is 0 Å². The Balaban J connectivity index is 2.14. The lowest BCUT2D eigenvalue weighted by molar-refractivity contribution is 0.101. The van der Waals surface area contributed by atoms with Gasteiger partial charge in [0, 0.05) is 31.7 Å². The Morgan fingerprint density at radius 2 is 2.10 bits per heavy atom. The molecule has 0 amide bonds. The van der Waals surface area contributed by atoms with Crippen LogP contribution in [0.3, 0.4) is 0 Å². The van der Waals surface area contributed by atoms with Crippen LogP contribution in [0.4, 0.5) is 4.39 Å². The van der Waals surface area contributed by atoms with Gasteiger partial charge >= 0.3 is 0 Å². The third-order valence-corrected chi connectivity index (χ3v) is 4.55. The third kappa shape index (κ3) is 4.25. The second-order valence-electron chi connectivity index (χ2n) is 6.24. The van der Waals surface area contributed by atoms with Gasteiger partial charge in [-0.15, -0.1) is 0 Å². The summed E-state index contributed by atoms with van der Waals surface area (Å²) < 4.78 is 13.3. The van der Waals surface area contributed by atoms with Gasteiger partial charge in [0.15, 0.2) is 0 Å². The van der Waals surface area contributed by atoms with Crippen molar-refractivity contribution >= 4 is 0 Å². The quantitative estimate of drug-likeness (QED) is 0.899. The Kier molecular flexibility index (Phi) is 5.73. The summed E-state index contributed by atoms with van der Waals surface area (Å²) in [6.45, 7) is 8.39. The number of hydrogen-bond acceptors (Lipinski definition) is 3. The first-order valence-corrected chi connectivity index (χ1v) is 7.89. The number of nitrogens with one attached hydrogen (secondary N) is 1. The fourth-order valence-corrected chi connectivity index (χ4v) is 3.22. The number of rotatable bonds is 5. The van der Waals surface area contributed by atoms with Crippen molar-refractivity contribution in [2.45, 2.75) is 32.4 Å². The lowest BCUT2D eigenvalue weighted by Crippen LogP contribution is -2.51. The summed E-state index contributed by atoms with van der Waals surface area (Å²) in [5.41, 5.74) is 2.26. The Bertz CT molecular complexity index is 463. The van der Waals surface area contributed by atoms with E-state index in [-0.39, 0.29) is 11.9 Å². The van der Waals surface area contributed by atoms with Crippen LogP contribution in [0.1, 0.15) is 30.5 Å². The molecule has 1 aromatic rings. The van der Waals surface area contributed by atoms with E-state index in [4.69, 9.17) is 0 Å². The topological polar surface area (TPSA) is 18.5 Å². The molecule has 1 fully saturated rings. The maximum atomic E-state index is 13.3. The molecule has 21 heavy (non-hydrogen) atoms. The van der Waals surface area contributed by atoms with Gasteiger partial charge in [0.1, 0.15) is 5.82 Å². The fourth-order valence-electron chi connectivity index (χ4n) is 3.22. The number of hydrogen-bond donors (Lipinski definition) is 1. The highest BCUT2D eigenvalue weighted by atomic mass is 19.1. The van der Waals surface area contributed by atoms with E-state index in [2.05, 4.69) is 36.1 Å². The molecule has 1 aliphatic rings. The summed E-state index contributed by atoms with van der Waals surface area (Å²) in [7, 11) is 4.39. The summed E-state index contributed by atoms with van der Waals surface area (Å²) in [6, 6.07) is 5.97. The highest BCUT2D eigenvalue weighted by Crippen LogP contribution is 2.25. The molecule has 0 aliphatic carbocycles. The Labute approximate surface area is 128 Å². The van der Waals surface area contributed by atoms with Gasteiger partial charge in [0.2, 0.25) is 0 Å². The first-order chi connectivity index (χ1) is 10.0. The van der Waals surface area contributed by atoms with Crippen LogP contribution in [-0.4, -0.2) is 56.1 Å². The molecule has 2 atom stereocenters. The molecule has 1 saturated heterocycles. The van der Waals surface area contributed by atoms with Gasteiger partial charge in [0.05, 0.1) is 0 Å². The van der Waals surface area contributed by atoms with E-state index in [1.54, 1.807) is 12.1 Å². The van der Waals surface area contributed by atoms with Gasteiger partial charge < -0.3 is 15.1 Å². The van der Waals surface area contributed by atoms with Crippen LogP contribution < -0.4 is 5.32 Å². The van der Waals surface area contributed by atoms with Crippen LogP contribution >= 0.6 is 0 Å². The maximum absolute atomic E-state index is 13.3. The third-order valence-electron chi connectivity index (χ3n) is 4.55. The molecule has 0 spiro atoms. The molecule has 118 valence electrons. The molecule has 0 bridgehead atoms. The van der Waals surface area contributed by atoms with Gasteiger partial charge in [0.25, 0.3) is 0 Å². The Hall–Kier alpha value is -0.970. The molecular weight excluding hydrogens is 265 g/mol. The maximum Gasteiger partial charge on any atom is 0.123 e. The van der Waals surface area contributed by atoms with E-state index >= 15 is 0 Å². The monoisotopic (exact) mass is 293 g/mol. The predicted octanol–water partition coefficient (Wildman–Crippen LogP) is 2.42. The zero-order valence-electron chi connectivity index (χ0n) is 13.7. The van der Waals surface area contributed by atoms with Crippen molar-refractivity contribution in [3.05, 3.63) is 35.1 Å². The molecule has 0 saturated carbocycles. The molecule has 0 aromatic heterocycles. The summed E-state index contributed by atoms with van der Waals surface area (Å²) in [4.78, 5) is 4.84. The zero-order valence-corrected chi connectivity index (χ0v) is 13.7. The van der Waals surface area contributed by atoms with E-state index in [9.17, 15) is 4.39 Å². The lowest BCUT2D eigenvalue weighted by Gasteiger charge is -2.39. The van der Waals surface area contributed by atoms with Crippen molar-refractivity contribution in [1.29, 1.82) is 0 Å². The highest BCUT2D eigenvalue weighted by Gasteiger charge is 2.26. The van der Waals surface area contributed by atoms with Gasteiger partial charge in [-0.2, -0.15) is 0 Å². The summed E-state index contributed by atoms with van der Waals surface area (Å²) >= 11 is 0. The molecule has 2 unspecified atom stereocenters. The van der Waals surface area contributed by atoms with Crippen LogP contribution in [0.2, 0.25) is 0 Å². The first kappa shape index (κ1) is 16.4. The number of piperazine rings is 1. The molecule has 4 heteroatoms. The van der Waals surface area contributed by atoms with Crippen LogP contribution in [0.25, 0.3) is 0 Å². The fraction of sp³-hybridized carbons (Fsp3) is 0.647. The minimum Gasteiger partial charge on any atom is -0.310 e. The molecule has 1 heterocycles. The summed E-state index contributed by atoms with van der Waals surface area (Å²) in [5.74, 6) is -0.152. The molecule has 2 rings (SSSR count). The van der Waals surface area contributed by atoms with Crippen molar-refractivity contribution < 1.29 is 4.39 Å². The van der Waals surface area contributed by atoms with Crippen molar-refractivity contribution in [3.63, 3.8) is 0 Å². The standard InChI is InChI=1S/C17H28FN3/c1-5-19-17(16-7-6-14(18)10-13(16)2)11-15-12-20(3)8-9-21(15)4/h6-7,10,15,17,19H,5,8-9,11-12H2,1-4H3. The van der Waals surface area contributed by atoms with Gasteiger partial charge in [-0.1, -0.05) is 13.0 Å². The molecule has 1 N–H and O–H groups in total. The molecular formula is C17H28FN3. The molecule has 1 aliphatic heterocycles. The average molecular weight is 293 g/mol. The van der Waals surface area contributed by atoms with Crippen LogP contribution in [0.5, 0.6) is 0 Å². The number of halogens is 1. The smallest absolute Gasteiger partial charge is 0.123 e. The lowest BCUT2D eigenvalue weighted by atomic mass is 9.94. The Morgan fingerprint density at radius 1 is 1.33 bits per heavy atom. The molecule has 0 radical (unpaired) electrons. The van der Waals surface area contributed by atoms with Gasteiger partial charge in [-0.25, -0.2) is 4.39 Å². The second kappa shape index (κ2) is 7.34. The van der Waals surface area contributed by atoms with Crippen molar-refractivity contribution in [1.82, 2.24) is 15.1 Å². The van der Waals surface area contributed by atoms with E-state index in [1.165, 1.54) is 5.56 Å². The largest absolute Gasteiger partial charge is 0.310 e. The van der Waals surface area contributed by atoms with E-state index < -0.39 is 0 Å². The highest BCUT2D eigenvalue weighted by molar-refractivity contribution is 5.29. The SMILES string of the molecule is CCNC(CC1CN(C)CCN1C)c1ccc(F)cc1C. The second-order valence-corrected chi connectivity index (χ2v) is 6.24. The van der Waals surface area contributed by atoms with Crippen molar-refractivity contribution in [2.24, 2.45) is 0 Å². The predicted molar refractivity (Wildman–Crippen MR) is 86.1 cm³/mol.